The van der Waals surface area contributed by atoms with E-state index in [4.69, 9.17) is 10.5 Å². The van der Waals surface area contributed by atoms with E-state index in [2.05, 4.69) is 5.32 Å². The second kappa shape index (κ2) is 8.95. The molecule has 1 fully saturated rings. The molecule has 1 aliphatic carbocycles. The molecule has 0 aromatic heterocycles. The fraction of sp³-hybridized carbons (Fsp3) is 0.562. The van der Waals surface area contributed by atoms with Gasteiger partial charge in [0.1, 0.15) is 0 Å². The number of nitrogens with two attached hydrogens (primary N) is 1. The van der Waals surface area contributed by atoms with Crippen molar-refractivity contribution in [2.45, 2.75) is 38.2 Å². The zero-order chi connectivity index (χ0) is 14.9. The van der Waals surface area contributed by atoms with Gasteiger partial charge < -0.3 is 15.8 Å². The van der Waals surface area contributed by atoms with Gasteiger partial charge in [0.25, 0.3) is 0 Å². The SMILES string of the molecule is Nc1ccccc1NC(=O)CSCCCOC1CCCC1. The number of benzene rings is 1. The summed E-state index contributed by atoms with van der Waals surface area (Å²) in [4.78, 5) is 11.8. The normalized spacial score (nSPS) is 15.2. The predicted octanol–water partition coefficient (Wildman–Crippen LogP) is 3.29. The molecule has 0 atom stereocenters. The minimum absolute atomic E-state index is 0.00499. The summed E-state index contributed by atoms with van der Waals surface area (Å²) in [5.74, 6) is 1.40. The van der Waals surface area contributed by atoms with Crippen molar-refractivity contribution in [2.75, 3.05) is 29.2 Å². The van der Waals surface area contributed by atoms with E-state index in [-0.39, 0.29) is 5.91 Å². The highest BCUT2D eigenvalue weighted by atomic mass is 32.2. The third-order valence-electron chi connectivity index (χ3n) is 3.56. The van der Waals surface area contributed by atoms with Crippen LogP contribution in [0.5, 0.6) is 0 Å². The maximum atomic E-state index is 11.8. The molecule has 0 saturated heterocycles. The first-order chi connectivity index (χ1) is 10.3. The number of hydrogen-bond donors (Lipinski definition) is 2. The van der Waals surface area contributed by atoms with E-state index in [1.54, 1.807) is 17.8 Å². The summed E-state index contributed by atoms with van der Waals surface area (Å²) in [5.41, 5.74) is 7.07. The summed E-state index contributed by atoms with van der Waals surface area (Å²) in [6.07, 6.45) is 6.54. The van der Waals surface area contributed by atoms with Crippen LogP contribution in [0.4, 0.5) is 11.4 Å². The van der Waals surface area contributed by atoms with Gasteiger partial charge in [0.15, 0.2) is 0 Å². The van der Waals surface area contributed by atoms with Gasteiger partial charge in [-0.05, 0) is 37.1 Å². The van der Waals surface area contributed by atoms with Gasteiger partial charge in [-0.1, -0.05) is 25.0 Å². The van der Waals surface area contributed by atoms with Crippen molar-refractivity contribution in [1.29, 1.82) is 0 Å². The van der Waals surface area contributed by atoms with Crippen LogP contribution in [0.2, 0.25) is 0 Å². The van der Waals surface area contributed by atoms with Crippen molar-refractivity contribution in [3.05, 3.63) is 24.3 Å². The van der Waals surface area contributed by atoms with E-state index in [1.165, 1.54) is 25.7 Å². The number of thioether (sulfide) groups is 1. The molecule has 1 aliphatic rings. The van der Waals surface area contributed by atoms with Gasteiger partial charge in [-0.2, -0.15) is 11.8 Å². The Morgan fingerprint density at radius 2 is 2.10 bits per heavy atom. The number of carbonyl (C=O) groups is 1. The molecule has 2 rings (SSSR count). The van der Waals surface area contributed by atoms with Gasteiger partial charge in [0, 0.05) is 6.61 Å². The molecular weight excluding hydrogens is 284 g/mol. The van der Waals surface area contributed by atoms with E-state index < -0.39 is 0 Å². The molecule has 0 unspecified atom stereocenters. The number of rotatable bonds is 8. The van der Waals surface area contributed by atoms with Gasteiger partial charge in [0.05, 0.1) is 23.2 Å². The molecule has 1 aromatic rings. The lowest BCUT2D eigenvalue weighted by Crippen LogP contribution is -2.15. The predicted molar refractivity (Wildman–Crippen MR) is 89.6 cm³/mol. The highest BCUT2D eigenvalue weighted by molar-refractivity contribution is 7.99. The van der Waals surface area contributed by atoms with E-state index in [0.29, 0.717) is 23.2 Å². The average Bonchev–Trinajstić information content (AvgIpc) is 2.98. The zero-order valence-electron chi connectivity index (χ0n) is 12.3. The van der Waals surface area contributed by atoms with Gasteiger partial charge >= 0.3 is 0 Å². The Morgan fingerprint density at radius 1 is 1.33 bits per heavy atom. The molecule has 4 nitrogen and oxygen atoms in total. The second-order valence-corrected chi connectivity index (χ2v) is 6.42. The number of anilines is 2. The van der Waals surface area contributed by atoms with Crippen LogP contribution < -0.4 is 11.1 Å². The van der Waals surface area contributed by atoms with Crippen LogP contribution in [-0.4, -0.2) is 30.1 Å². The summed E-state index contributed by atoms with van der Waals surface area (Å²) < 4.78 is 5.79. The zero-order valence-corrected chi connectivity index (χ0v) is 13.2. The Balaban J connectivity index is 1.52. The Hall–Kier alpha value is -1.20. The van der Waals surface area contributed by atoms with Crippen molar-refractivity contribution < 1.29 is 9.53 Å². The summed E-state index contributed by atoms with van der Waals surface area (Å²) >= 11 is 1.64. The highest BCUT2D eigenvalue weighted by Crippen LogP contribution is 2.21. The topological polar surface area (TPSA) is 64.3 Å². The molecule has 21 heavy (non-hydrogen) atoms. The summed E-state index contributed by atoms with van der Waals surface area (Å²) in [5, 5.41) is 2.83. The second-order valence-electron chi connectivity index (χ2n) is 5.32. The van der Waals surface area contributed by atoms with Crippen LogP contribution >= 0.6 is 11.8 Å². The summed E-state index contributed by atoms with van der Waals surface area (Å²) in [6.45, 7) is 0.810. The van der Waals surface area contributed by atoms with Crippen molar-refractivity contribution in [3.63, 3.8) is 0 Å². The first-order valence-corrected chi connectivity index (χ1v) is 8.75. The van der Waals surface area contributed by atoms with Crippen LogP contribution in [0.3, 0.4) is 0 Å². The molecule has 0 heterocycles. The number of nitrogens with one attached hydrogen (secondary N) is 1. The molecule has 0 aliphatic heterocycles. The van der Waals surface area contributed by atoms with E-state index in [0.717, 1.165) is 18.8 Å². The molecule has 3 N–H and O–H groups in total. The Labute approximate surface area is 130 Å². The fourth-order valence-corrected chi connectivity index (χ4v) is 3.15. The quantitative estimate of drug-likeness (QED) is 0.571. The van der Waals surface area contributed by atoms with Gasteiger partial charge in [-0.3, -0.25) is 4.79 Å². The number of hydrogen-bond acceptors (Lipinski definition) is 4. The van der Waals surface area contributed by atoms with Crippen LogP contribution in [0.25, 0.3) is 0 Å². The number of ether oxygens (including phenoxy) is 1. The molecule has 1 aromatic carbocycles. The van der Waals surface area contributed by atoms with Crippen molar-refractivity contribution in [2.24, 2.45) is 0 Å². The maximum absolute atomic E-state index is 11.8. The minimum atomic E-state index is -0.00499. The number of carbonyl (C=O) groups excluding carboxylic acids is 1. The van der Waals surface area contributed by atoms with Crippen LogP contribution in [0.15, 0.2) is 24.3 Å². The van der Waals surface area contributed by atoms with Crippen molar-refractivity contribution in [3.8, 4) is 0 Å². The fourth-order valence-electron chi connectivity index (χ4n) is 2.43. The van der Waals surface area contributed by atoms with Crippen LogP contribution in [0.1, 0.15) is 32.1 Å². The van der Waals surface area contributed by atoms with Crippen molar-refractivity contribution in [1.82, 2.24) is 0 Å². The standard InChI is InChI=1S/C16H24N2O2S/c17-14-8-3-4-9-15(14)18-16(19)12-21-11-5-10-20-13-6-1-2-7-13/h3-4,8-9,13H,1-2,5-7,10-12,17H2,(H,18,19). The first kappa shape index (κ1) is 16.2. The summed E-state index contributed by atoms with van der Waals surface area (Å²) in [7, 11) is 0. The smallest absolute Gasteiger partial charge is 0.234 e. The van der Waals surface area contributed by atoms with Gasteiger partial charge in [-0.15, -0.1) is 0 Å². The van der Waals surface area contributed by atoms with E-state index in [1.807, 2.05) is 18.2 Å². The molecule has 1 saturated carbocycles. The lowest BCUT2D eigenvalue weighted by molar-refractivity contribution is -0.113. The molecule has 0 spiro atoms. The third-order valence-corrected chi connectivity index (χ3v) is 4.60. The lowest BCUT2D eigenvalue weighted by Gasteiger charge is -2.10. The average molecular weight is 308 g/mol. The van der Waals surface area contributed by atoms with Crippen molar-refractivity contribution >= 4 is 29.0 Å². The van der Waals surface area contributed by atoms with E-state index >= 15 is 0 Å². The summed E-state index contributed by atoms with van der Waals surface area (Å²) in [6, 6.07) is 7.31. The Morgan fingerprint density at radius 3 is 2.86 bits per heavy atom. The van der Waals surface area contributed by atoms with Crippen LogP contribution in [0, 0.1) is 0 Å². The first-order valence-electron chi connectivity index (χ1n) is 7.59. The monoisotopic (exact) mass is 308 g/mol. The van der Waals surface area contributed by atoms with Gasteiger partial charge in [-0.25, -0.2) is 0 Å². The third kappa shape index (κ3) is 5.98. The number of para-hydroxylation sites is 2. The minimum Gasteiger partial charge on any atom is -0.397 e. The molecule has 0 radical (unpaired) electrons. The molecule has 116 valence electrons. The number of nitrogen functional groups attached to an aromatic ring is 1. The number of amides is 1. The maximum Gasteiger partial charge on any atom is 0.234 e. The highest BCUT2D eigenvalue weighted by Gasteiger charge is 2.14. The molecule has 1 amide bonds. The Bertz CT molecular complexity index is 448. The van der Waals surface area contributed by atoms with Gasteiger partial charge in [0.2, 0.25) is 5.91 Å². The molecule has 5 heteroatoms. The lowest BCUT2D eigenvalue weighted by atomic mass is 10.3. The largest absolute Gasteiger partial charge is 0.397 e. The van der Waals surface area contributed by atoms with Crippen LogP contribution in [-0.2, 0) is 9.53 Å². The van der Waals surface area contributed by atoms with E-state index in [9.17, 15) is 4.79 Å². The molecular formula is C16H24N2O2S. The molecule has 0 bridgehead atoms. The Kier molecular flexibility index (Phi) is 6.89.